The van der Waals surface area contributed by atoms with Gasteiger partial charge in [0, 0.05) is 6.04 Å². The second-order valence-corrected chi connectivity index (χ2v) is 5.81. The Morgan fingerprint density at radius 1 is 1.45 bits per heavy atom. The number of aromatic nitrogens is 2. The molecule has 20 heavy (non-hydrogen) atoms. The lowest BCUT2D eigenvalue weighted by molar-refractivity contribution is 0.531. The highest BCUT2D eigenvalue weighted by Gasteiger charge is 2.19. The standard InChI is InChI=1S/C14H17ClFN3S/c1-3-7-17-12(14-9(2)18-19-20-14)8-10-5-4-6-11(16)13(10)15/h4-6,12,17H,3,7-8H2,1-2H3. The maximum atomic E-state index is 13.5. The van der Waals surface area contributed by atoms with Crippen molar-refractivity contribution < 1.29 is 4.39 Å². The quantitative estimate of drug-likeness (QED) is 0.878. The summed E-state index contributed by atoms with van der Waals surface area (Å²) in [7, 11) is 0. The molecule has 0 fully saturated rings. The third-order valence-electron chi connectivity index (χ3n) is 3.10. The van der Waals surface area contributed by atoms with Crippen LogP contribution in [-0.4, -0.2) is 16.1 Å². The van der Waals surface area contributed by atoms with Crippen LogP contribution in [0.5, 0.6) is 0 Å². The van der Waals surface area contributed by atoms with Gasteiger partial charge in [-0.1, -0.05) is 35.1 Å². The Kier molecular flexibility index (Phi) is 5.46. The van der Waals surface area contributed by atoms with Crippen molar-refractivity contribution in [1.29, 1.82) is 0 Å². The largest absolute Gasteiger partial charge is 0.309 e. The van der Waals surface area contributed by atoms with Gasteiger partial charge in [0.15, 0.2) is 0 Å². The predicted octanol–water partition coefficient (Wildman–Crippen LogP) is 3.92. The lowest BCUT2D eigenvalue weighted by Crippen LogP contribution is -2.24. The van der Waals surface area contributed by atoms with E-state index in [1.165, 1.54) is 17.6 Å². The fourth-order valence-electron chi connectivity index (χ4n) is 2.06. The maximum absolute atomic E-state index is 13.5. The molecule has 0 radical (unpaired) electrons. The van der Waals surface area contributed by atoms with Crippen molar-refractivity contribution in [2.75, 3.05) is 6.54 Å². The Labute approximate surface area is 127 Å². The molecule has 2 rings (SSSR count). The Balaban J connectivity index is 2.24. The topological polar surface area (TPSA) is 37.8 Å². The molecule has 2 aromatic rings. The normalized spacial score (nSPS) is 12.6. The average Bonchev–Trinajstić information content (AvgIpc) is 2.85. The fourth-order valence-corrected chi connectivity index (χ4v) is 2.98. The van der Waals surface area contributed by atoms with Gasteiger partial charge in [-0.25, -0.2) is 4.39 Å². The zero-order chi connectivity index (χ0) is 14.5. The molecule has 108 valence electrons. The Hall–Kier alpha value is -1.04. The molecule has 6 heteroatoms. The second-order valence-electron chi connectivity index (χ2n) is 4.65. The molecule has 1 atom stereocenters. The molecule has 1 heterocycles. The van der Waals surface area contributed by atoms with E-state index < -0.39 is 0 Å². The summed E-state index contributed by atoms with van der Waals surface area (Å²) < 4.78 is 17.5. The molecule has 1 unspecified atom stereocenters. The number of halogens is 2. The number of hydrogen-bond donors (Lipinski definition) is 1. The summed E-state index contributed by atoms with van der Waals surface area (Å²) in [5.74, 6) is -0.377. The third-order valence-corrected chi connectivity index (χ3v) is 4.46. The average molecular weight is 314 g/mol. The summed E-state index contributed by atoms with van der Waals surface area (Å²) in [6.07, 6.45) is 1.65. The van der Waals surface area contributed by atoms with Gasteiger partial charge in [0.25, 0.3) is 0 Å². The van der Waals surface area contributed by atoms with Crippen LogP contribution in [0.25, 0.3) is 0 Å². The SMILES string of the molecule is CCCNC(Cc1cccc(F)c1Cl)c1snnc1C. The van der Waals surface area contributed by atoms with Gasteiger partial charge in [0.05, 0.1) is 15.6 Å². The first-order valence-electron chi connectivity index (χ1n) is 6.58. The highest BCUT2D eigenvalue weighted by molar-refractivity contribution is 7.05. The summed E-state index contributed by atoms with van der Waals surface area (Å²) >= 11 is 7.42. The van der Waals surface area contributed by atoms with Gasteiger partial charge in [-0.15, -0.1) is 5.10 Å². The van der Waals surface area contributed by atoms with Crippen molar-refractivity contribution in [3.63, 3.8) is 0 Å². The zero-order valence-corrected chi connectivity index (χ0v) is 13.1. The predicted molar refractivity (Wildman–Crippen MR) is 80.8 cm³/mol. The molecule has 1 aromatic carbocycles. The van der Waals surface area contributed by atoms with E-state index in [9.17, 15) is 4.39 Å². The first-order chi connectivity index (χ1) is 9.63. The van der Waals surface area contributed by atoms with E-state index >= 15 is 0 Å². The number of nitrogens with one attached hydrogen (secondary N) is 1. The zero-order valence-electron chi connectivity index (χ0n) is 11.5. The summed E-state index contributed by atoms with van der Waals surface area (Å²) in [4.78, 5) is 1.08. The Morgan fingerprint density at radius 3 is 2.90 bits per heavy atom. The van der Waals surface area contributed by atoms with Crippen LogP contribution in [0.1, 0.15) is 35.5 Å². The van der Waals surface area contributed by atoms with Gasteiger partial charge in [-0.3, -0.25) is 0 Å². The molecule has 1 aromatic heterocycles. The molecule has 0 amide bonds. The molecule has 0 spiro atoms. The minimum atomic E-state index is -0.377. The molecular formula is C14H17ClFN3S. The highest BCUT2D eigenvalue weighted by atomic mass is 35.5. The molecule has 0 aliphatic carbocycles. The minimum Gasteiger partial charge on any atom is -0.309 e. The van der Waals surface area contributed by atoms with Crippen LogP contribution >= 0.6 is 23.1 Å². The van der Waals surface area contributed by atoms with Crippen molar-refractivity contribution in [3.8, 4) is 0 Å². The molecule has 3 nitrogen and oxygen atoms in total. The van der Waals surface area contributed by atoms with E-state index in [4.69, 9.17) is 11.6 Å². The minimum absolute atomic E-state index is 0.0641. The number of hydrogen-bond acceptors (Lipinski definition) is 4. The molecular weight excluding hydrogens is 297 g/mol. The molecule has 0 saturated heterocycles. The van der Waals surface area contributed by atoms with Crippen molar-refractivity contribution in [2.24, 2.45) is 0 Å². The fraction of sp³-hybridized carbons (Fsp3) is 0.429. The molecule has 1 N–H and O–H groups in total. The Bertz CT molecular complexity index is 573. The summed E-state index contributed by atoms with van der Waals surface area (Å²) in [6, 6.07) is 4.98. The summed E-state index contributed by atoms with van der Waals surface area (Å²) in [6.45, 7) is 4.93. The first kappa shape index (κ1) is 15.4. The molecule has 0 aliphatic rings. The first-order valence-corrected chi connectivity index (χ1v) is 7.73. The van der Waals surface area contributed by atoms with Crippen LogP contribution in [0.3, 0.4) is 0 Å². The van der Waals surface area contributed by atoms with E-state index in [0.717, 1.165) is 29.1 Å². The molecule has 0 bridgehead atoms. The third kappa shape index (κ3) is 3.53. The second kappa shape index (κ2) is 7.11. The van der Waals surface area contributed by atoms with Gasteiger partial charge in [-0.05, 0) is 49.5 Å². The Morgan fingerprint density at radius 2 is 2.25 bits per heavy atom. The van der Waals surface area contributed by atoms with Crippen LogP contribution in [0.15, 0.2) is 18.2 Å². The van der Waals surface area contributed by atoms with Gasteiger partial charge in [0.2, 0.25) is 0 Å². The summed E-state index contributed by atoms with van der Waals surface area (Å²) in [5, 5.41) is 7.71. The van der Waals surface area contributed by atoms with Crippen molar-refractivity contribution in [2.45, 2.75) is 32.7 Å². The van der Waals surface area contributed by atoms with Gasteiger partial charge >= 0.3 is 0 Å². The summed E-state index contributed by atoms with van der Waals surface area (Å²) in [5.41, 5.74) is 1.71. The van der Waals surface area contributed by atoms with E-state index in [0.29, 0.717) is 6.42 Å². The van der Waals surface area contributed by atoms with E-state index in [-0.39, 0.29) is 16.9 Å². The van der Waals surface area contributed by atoms with Crippen molar-refractivity contribution in [1.82, 2.24) is 14.9 Å². The van der Waals surface area contributed by atoms with E-state index in [1.54, 1.807) is 6.07 Å². The van der Waals surface area contributed by atoms with Gasteiger partial charge in [0.1, 0.15) is 5.82 Å². The van der Waals surface area contributed by atoms with E-state index in [2.05, 4.69) is 21.8 Å². The molecule has 0 aliphatic heterocycles. The maximum Gasteiger partial charge on any atom is 0.142 e. The number of benzene rings is 1. The lowest BCUT2D eigenvalue weighted by atomic mass is 10.0. The molecule has 0 saturated carbocycles. The van der Waals surface area contributed by atoms with Gasteiger partial charge < -0.3 is 5.32 Å². The van der Waals surface area contributed by atoms with Crippen LogP contribution in [-0.2, 0) is 6.42 Å². The van der Waals surface area contributed by atoms with E-state index in [1.807, 2.05) is 13.0 Å². The van der Waals surface area contributed by atoms with Crippen LogP contribution in [0.4, 0.5) is 4.39 Å². The lowest BCUT2D eigenvalue weighted by Gasteiger charge is -2.18. The highest BCUT2D eigenvalue weighted by Crippen LogP contribution is 2.28. The number of aryl methyl sites for hydroxylation is 1. The van der Waals surface area contributed by atoms with Crippen molar-refractivity contribution in [3.05, 3.63) is 45.2 Å². The van der Waals surface area contributed by atoms with Crippen LogP contribution < -0.4 is 5.32 Å². The van der Waals surface area contributed by atoms with Crippen LogP contribution in [0.2, 0.25) is 5.02 Å². The monoisotopic (exact) mass is 313 g/mol. The van der Waals surface area contributed by atoms with Gasteiger partial charge in [-0.2, -0.15) is 0 Å². The number of nitrogens with zero attached hydrogens (tertiary/aromatic N) is 2. The van der Waals surface area contributed by atoms with Crippen molar-refractivity contribution >= 4 is 23.1 Å². The van der Waals surface area contributed by atoms with Crippen LogP contribution in [0, 0.1) is 12.7 Å². The number of rotatable bonds is 6. The smallest absolute Gasteiger partial charge is 0.142 e.